The fourth-order valence-corrected chi connectivity index (χ4v) is 1.99. The average molecular weight is 250 g/mol. The Kier molecular flexibility index (Phi) is 3.71. The Balaban J connectivity index is 1.89. The maximum Gasteiger partial charge on any atom is 0.256 e. The molecule has 0 radical (unpaired) electrons. The van der Waals surface area contributed by atoms with Crippen molar-refractivity contribution in [2.45, 2.75) is 13.0 Å². The molecule has 1 fully saturated rings. The van der Waals surface area contributed by atoms with Gasteiger partial charge in [0.1, 0.15) is 6.61 Å². The van der Waals surface area contributed by atoms with E-state index in [1.54, 1.807) is 0 Å². The van der Waals surface area contributed by atoms with E-state index in [1.165, 1.54) is 5.06 Å². The lowest BCUT2D eigenvalue weighted by atomic mass is 10.1. The van der Waals surface area contributed by atoms with Crippen LogP contribution in [-0.4, -0.2) is 22.5 Å². The summed E-state index contributed by atoms with van der Waals surface area (Å²) in [7, 11) is 0. The number of hydroxylamine groups is 2. The van der Waals surface area contributed by atoms with Gasteiger partial charge in [0.15, 0.2) is 0 Å². The predicted octanol–water partition coefficient (Wildman–Crippen LogP) is 1.25. The zero-order valence-electron chi connectivity index (χ0n) is 9.33. The molecular formula is C12H14N2O2S. The summed E-state index contributed by atoms with van der Waals surface area (Å²) in [6.45, 7) is 0.935. The topological polar surface area (TPSA) is 55.6 Å². The van der Waals surface area contributed by atoms with E-state index < -0.39 is 0 Å². The molecule has 2 N–H and O–H groups in total. The molecule has 0 saturated carbocycles. The monoisotopic (exact) mass is 250 g/mol. The molecule has 0 bridgehead atoms. The first kappa shape index (κ1) is 12.0. The minimum Gasteiger partial charge on any atom is -0.393 e. The number of benzene rings is 1. The van der Waals surface area contributed by atoms with E-state index in [9.17, 15) is 4.79 Å². The lowest BCUT2D eigenvalue weighted by Gasteiger charge is -2.16. The van der Waals surface area contributed by atoms with E-state index in [1.807, 2.05) is 30.3 Å². The third kappa shape index (κ3) is 2.81. The summed E-state index contributed by atoms with van der Waals surface area (Å²) in [6.07, 6.45) is 0.642. The van der Waals surface area contributed by atoms with Gasteiger partial charge in [-0.1, -0.05) is 42.5 Å². The van der Waals surface area contributed by atoms with E-state index in [4.69, 9.17) is 22.8 Å². The Labute approximate surface area is 105 Å². The van der Waals surface area contributed by atoms with Crippen molar-refractivity contribution in [3.8, 4) is 0 Å². The standard InChI is InChI=1S/C12H14N2O2S/c13-11(17)10-6-7-14(12(10)15)16-8-9-4-2-1-3-5-9/h1-5,10H,6-8H2,(H2,13,17). The summed E-state index contributed by atoms with van der Waals surface area (Å²) in [5.41, 5.74) is 6.51. The van der Waals surface area contributed by atoms with Crippen molar-refractivity contribution < 1.29 is 9.63 Å². The molecule has 90 valence electrons. The smallest absolute Gasteiger partial charge is 0.256 e. The molecule has 1 amide bonds. The summed E-state index contributed by atoms with van der Waals surface area (Å²) < 4.78 is 0. The molecule has 4 nitrogen and oxygen atoms in total. The highest BCUT2D eigenvalue weighted by atomic mass is 32.1. The van der Waals surface area contributed by atoms with Crippen molar-refractivity contribution in [3.05, 3.63) is 35.9 Å². The second-order valence-corrected chi connectivity index (χ2v) is 4.41. The van der Waals surface area contributed by atoms with Crippen LogP contribution in [0.2, 0.25) is 0 Å². The molecule has 17 heavy (non-hydrogen) atoms. The van der Waals surface area contributed by atoms with Gasteiger partial charge in [0.05, 0.1) is 10.9 Å². The molecular weight excluding hydrogens is 236 g/mol. The van der Waals surface area contributed by atoms with Crippen LogP contribution in [0.4, 0.5) is 0 Å². The van der Waals surface area contributed by atoms with Gasteiger partial charge in [-0.15, -0.1) is 0 Å². The van der Waals surface area contributed by atoms with Crippen LogP contribution in [-0.2, 0) is 16.2 Å². The highest BCUT2D eigenvalue weighted by Crippen LogP contribution is 2.19. The Bertz CT molecular complexity index is 422. The molecule has 0 aliphatic carbocycles. The van der Waals surface area contributed by atoms with Crippen LogP contribution in [0.1, 0.15) is 12.0 Å². The van der Waals surface area contributed by atoms with Gasteiger partial charge < -0.3 is 5.73 Å². The van der Waals surface area contributed by atoms with Crippen molar-refractivity contribution in [3.63, 3.8) is 0 Å². The van der Waals surface area contributed by atoms with Gasteiger partial charge in [-0.2, -0.15) is 0 Å². The molecule has 2 rings (SSSR count). The predicted molar refractivity (Wildman–Crippen MR) is 67.8 cm³/mol. The molecule has 1 aliphatic heterocycles. The molecule has 1 saturated heterocycles. The molecule has 1 aromatic carbocycles. The summed E-state index contributed by atoms with van der Waals surface area (Å²) in [5.74, 6) is -0.491. The quantitative estimate of drug-likeness (QED) is 0.817. The Morgan fingerprint density at radius 1 is 1.47 bits per heavy atom. The molecule has 1 atom stereocenters. The van der Waals surface area contributed by atoms with Gasteiger partial charge in [-0.05, 0) is 12.0 Å². The zero-order valence-corrected chi connectivity index (χ0v) is 10.2. The summed E-state index contributed by atoms with van der Waals surface area (Å²) in [6, 6.07) is 9.70. The van der Waals surface area contributed by atoms with Gasteiger partial charge in [0.2, 0.25) is 0 Å². The number of nitrogens with two attached hydrogens (primary N) is 1. The molecule has 0 spiro atoms. The number of thiocarbonyl (C=S) groups is 1. The van der Waals surface area contributed by atoms with Crippen molar-refractivity contribution in [2.75, 3.05) is 6.54 Å². The summed E-state index contributed by atoms with van der Waals surface area (Å²) in [5, 5.41) is 1.36. The number of amides is 1. The fourth-order valence-electron chi connectivity index (χ4n) is 1.77. The SMILES string of the molecule is NC(=S)C1CCN(OCc2ccccc2)C1=O. The van der Waals surface area contributed by atoms with Gasteiger partial charge >= 0.3 is 0 Å². The number of carbonyl (C=O) groups excluding carboxylic acids is 1. The van der Waals surface area contributed by atoms with E-state index in [0.717, 1.165) is 5.56 Å². The van der Waals surface area contributed by atoms with Crippen LogP contribution >= 0.6 is 12.2 Å². The Morgan fingerprint density at radius 2 is 2.18 bits per heavy atom. The highest BCUT2D eigenvalue weighted by Gasteiger charge is 2.34. The minimum absolute atomic E-state index is 0.131. The third-order valence-electron chi connectivity index (χ3n) is 2.74. The van der Waals surface area contributed by atoms with Crippen molar-refractivity contribution in [1.29, 1.82) is 0 Å². The molecule has 1 unspecified atom stereocenters. The second-order valence-electron chi connectivity index (χ2n) is 3.94. The van der Waals surface area contributed by atoms with Crippen molar-refractivity contribution >= 4 is 23.1 Å². The first-order valence-corrected chi connectivity index (χ1v) is 5.87. The van der Waals surface area contributed by atoms with E-state index in [0.29, 0.717) is 19.6 Å². The maximum absolute atomic E-state index is 11.8. The third-order valence-corrected chi connectivity index (χ3v) is 3.02. The normalized spacial score (nSPS) is 19.6. The van der Waals surface area contributed by atoms with Crippen LogP contribution in [0.15, 0.2) is 30.3 Å². The van der Waals surface area contributed by atoms with Crippen LogP contribution in [0.3, 0.4) is 0 Å². The molecule has 1 aromatic rings. The number of nitrogens with zero attached hydrogens (tertiary/aromatic N) is 1. The van der Waals surface area contributed by atoms with Gasteiger partial charge in [-0.3, -0.25) is 9.63 Å². The largest absolute Gasteiger partial charge is 0.393 e. The molecule has 0 aromatic heterocycles. The Hall–Kier alpha value is -1.46. The lowest BCUT2D eigenvalue weighted by molar-refractivity contribution is -0.183. The molecule has 1 aliphatic rings. The van der Waals surface area contributed by atoms with Crippen LogP contribution in [0.5, 0.6) is 0 Å². The van der Waals surface area contributed by atoms with E-state index in [2.05, 4.69) is 0 Å². The van der Waals surface area contributed by atoms with Crippen LogP contribution in [0.25, 0.3) is 0 Å². The van der Waals surface area contributed by atoms with Gasteiger partial charge in [0.25, 0.3) is 5.91 Å². The van der Waals surface area contributed by atoms with E-state index in [-0.39, 0.29) is 16.8 Å². The molecule has 1 heterocycles. The first-order valence-electron chi connectivity index (χ1n) is 5.46. The van der Waals surface area contributed by atoms with Crippen molar-refractivity contribution in [1.82, 2.24) is 5.06 Å². The highest BCUT2D eigenvalue weighted by molar-refractivity contribution is 7.80. The summed E-state index contributed by atoms with van der Waals surface area (Å²) in [4.78, 5) is 17.5. The maximum atomic E-state index is 11.8. The fraction of sp³-hybridized carbons (Fsp3) is 0.333. The average Bonchev–Trinajstić information content (AvgIpc) is 2.69. The van der Waals surface area contributed by atoms with Crippen LogP contribution < -0.4 is 5.73 Å². The second kappa shape index (κ2) is 5.25. The first-order chi connectivity index (χ1) is 8.18. The lowest BCUT2D eigenvalue weighted by Crippen LogP contribution is -2.32. The zero-order chi connectivity index (χ0) is 12.3. The van der Waals surface area contributed by atoms with Gasteiger partial charge in [-0.25, -0.2) is 5.06 Å². The van der Waals surface area contributed by atoms with E-state index >= 15 is 0 Å². The van der Waals surface area contributed by atoms with Crippen molar-refractivity contribution in [2.24, 2.45) is 11.7 Å². The number of hydrogen-bond donors (Lipinski definition) is 1. The summed E-state index contributed by atoms with van der Waals surface area (Å²) >= 11 is 4.84. The minimum atomic E-state index is -0.360. The number of hydrogen-bond acceptors (Lipinski definition) is 3. The number of rotatable bonds is 4. The van der Waals surface area contributed by atoms with Gasteiger partial charge in [0, 0.05) is 6.54 Å². The number of carbonyl (C=O) groups is 1. The Morgan fingerprint density at radius 3 is 2.76 bits per heavy atom. The van der Waals surface area contributed by atoms with Crippen LogP contribution in [0, 0.1) is 5.92 Å². The molecule has 5 heteroatoms.